The lowest BCUT2D eigenvalue weighted by Gasteiger charge is -2.25. The fourth-order valence-corrected chi connectivity index (χ4v) is 4.57. The number of nitrogens with one attached hydrogen (secondary N) is 3. The lowest BCUT2D eigenvalue weighted by atomic mass is 10.2. The number of hydrogen-bond acceptors (Lipinski definition) is 9. The number of halogens is 2. The number of nitrogens with zero attached hydrogens (tertiary/aromatic N) is 5. The summed E-state index contributed by atoms with van der Waals surface area (Å²) < 4.78 is 36.6. The number of carbonyl (C=O) groups excluding carboxylic acids is 1. The van der Waals surface area contributed by atoms with Crippen molar-refractivity contribution in [3.05, 3.63) is 141 Å². The van der Waals surface area contributed by atoms with Crippen molar-refractivity contribution < 1.29 is 18.3 Å². The first-order valence-corrected chi connectivity index (χ1v) is 13.4. The Morgan fingerprint density at radius 2 is 1.86 bits per heavy atom. The van der Waals surface area contributed by atoms with Crippen molar-refractivity contribution in [3.8, 4) is 11.4 Å². The number of carbonyl (C=O) groups is 1. The van der Waals surface area contributed by atoms with Crippen LogP contribution in [0.2, 0.25) is 0 Å². The highest BCUT2D eigenvalue weighted by atomic mass is 19.1. The standard InChI is InChI=1S/C30H24F2N8O4/c1-2-38-17-22(28(42)40(30(38)43)21-7-4-18(31)5-8-21)27(41)36-19-6-9-25(23(32)14-19)44-26-15-20(16-39-24(26)10-13-35-39)37-29-33-11-3-12-34-29/h3-12,14-17,35H,2,13H2,1H3,(H,36,41)(H,33,34,37). The van der Waals surface area contributed by atoms with Gasteiger partial charge in [0.25, 0.3) is 11.5 Å². The van der Waals surface area contributed by atoms with E-state index in [9.17, 15) is 18.8 Å². The molecule has 4 aromatic rings. The Labute approximate surface area is 248 Å². The summed E-state index contributed by atoms with van der Waals surface area (Å²) in [4.78, 5) is 47.6. The average Bonchev–Trinajstić information content (AvgIpc) is 3.49. The SMILES string of the molecule is CCn1cc(C(=O)Nc2ccc(OC3=CC(Nc4ncccn4)=CN4NCC=C34)c(F)c2)c(=O)n(-c2ccc(F)cc2)c1=O. The summed E-state index contributed by atoms with van der Waals surface area (Å²) >= 11 is 0. The van der Waals surface area contributed by atoms with E-state index >= 15 is 4.39 Å². The highest BCUT2D eigenvalue weighted by Gasteiger charge is 2.25. The first-order chi connectivity index (χ1) is 21.3. The van der Waals surface area contributed by atoms with E-state index in [0.29, 0.717) is 29.6 Å². The molecule has 4 heterocycles. The van der Waals surface area contributed by atoms with Crippen molar-refractivity contribution in [2.75, 3.05) is 17.2 Å². The highest BCUT2D eigenvalue weighted by molar-refractivity contribution is 6.03. The first kappa shape index (κ1) is 28.2. The summed E-state index contributed by atoms with van der Waals surface area (Å²) in [6.45, 7) is 2.36. The van der Waals surface area contributed by atoms with E-state index in [1.165, 1.54) is 28.8 Å². The van der Waals surface area contributed by atoms with Gasteiger partial charge in [-0.2, -0.15) is 0 Å². The van der Waals surface area contributed by atoms with E-state index in [2.05, 4.69) is 26.0 Å². The molecule has 0 bridgehead atoms. The van der Waals surface area contributed by atoms with Crippen LogP contribution in [0.5, 0.6) is 5.75 Å². The molecule has 2 aromatic carbocycles. The van der Waals surface area contributed by atoms with Crippen molar-refractivity contribution in [2.45, 2.75) is 13.5 Å². The van der Waals surface area contributed by atoms with Crippen LogP contribution in [0.3, 0.4) is 0 Å². The number of amides is 1. The molecule has 0 saturated carbocycles. The van der Waals surface area contributed by atoms with Crippen LogP contribution in [0.4, 0.5) is 20.4 Å². The van der Waals surface area contributed by atoms with Gasteiger partial charge in [-0.05, 0) is 55.5 Å². The Bertz CT molecular complexity index is 1970. The van der Waals surface area contributed by atoms with Gasteiger partial charge in [-0.25, -0.2) is 33.5 Å². The largest absolute Gasteiger partial charge is 0.452 e. The molecule has 0 spiro atoms. The molecule has 12 nitrogen and oxygen atoms in total. The van der Waals surface area contributed by atoms with Crippen molar-refractivity contribution >= 4 is 17.5 Å². The van der Waals surface area contributed by atoms with Gasteiger partial charge in [0.05, 0.1) is 17.1 Å². The molecular weight excluding hydrogens is 574 g/mol. The molecule has 6 rings (SSSR count). The van der Waals surface area contributed by atoms with Crippen molar-refractivity contribution in [1.29, 1.82) is 0 Å². The zero-order valence-electron chi connectivity index (χ0n) is 23.1. The molecule has 14 heteroatoms. The van der Waals surface area contributed by atoms with Crippen molar-refractivity contribution in [1.82, 2.24) is 29.5 Å². The quantitative estimate of drug-likeness (QED) is 0.279. The summed E-state index contributed by atoms with van der Waals surface area (Å²) in [5.74, 6) is -1.60. The lowest BCUT2D eigenvalue weighted by Crippen LogP contribution is -2.42. The van der Waals surface area contributed by atoms with Crippen LogP contribution >= 0.6 is 0 Å². The van der Waals surface area contributed by atoms with Gasteiger partial charge >= 0.3 is 5.69 Å². The molecule has 0 unspecified atom stereocenters. The zero-order valence-corrected chi connectivity index (χ0v) is 23.1. The van der Waals surface area contributed by atoms with Crippen LogP contribution in [0, 0.1) is 11.6 Å². The predicted octanol–water partition coefficient (Wildman–Crippen LogP) is 3.27. The second kappa shape index (κ2) is 11.8. The van der Waals surface area contributed by atoms with E-state index in [-0.39, 0.29) is 29.2 Å². The minimum absolute atomic E-state index is 0.0475. The monoisotopic (exact) mass is 598 g/mol. The van der Waals surface area contributed by atoms with Gasteiger partial charge in [0.2, 0.25) is 5.95 Å². The summed E-state index contributed by atoms with van der Waals surface area (Å²) in [6, 6.07) is 10.2. The normalized spacial score (nSPS) is 13.9. The molecule has 44 heavy (non-hydrogen) atoms. The minimum Gasteiger partial charge on any atom is -0.452 e. The van der Waals surface area contributed by atoms with E-state index < -0.39 is 28.8 Å². The maximum atomic E-state index is 15.3. The molecule has 0 fully saturated rings. The second-order valence-corrected chi connectivity index (χ2v) is 9.54. The number of ether oxygens (including phenoxy) is 1. The number of allylic oxidation sites excluding steroid dienone is 1. The molecule has 222 valence electrons. The summed E-state index contributed by atoms with van der Waals surface area (Å²) in [6.07, 6.45) is 9.66. The van der Waals surface area contributed by atoms with Gasteiger partial charge in [0.15, 0.2) is 17.3 Å². The van der Waals surface area contributed by atoms with Crippen molar-refractivity contribution in [3.63, 3.8) is 0 Å². The molecule has 0 saturated heterocycles. The van der Waals surface area contributed by atoms with E-state index in [4.69, 9.17) is 4.74 Å². The Morgan fingerprint density at radius 1 is 1.09 bits per heavy atom. The van der Waals surface area contributed by atoms with Crippen LogP contribution in [-0.2, 0) is 6.54 Å². The molecule has 3 N–H and O–H groups in total. The molecular formula is C30H24F2N8O4. The van der Waals surface area contributed by atoms with Crippen LogP contribution in [0.1, 0.15) is 17.3 Å². The van der Waals surface area contributed by atoms with Gasteiger partial charge in [-0.15, -0.1) is 0 Å². The molecule has 0 atom stereocenters. The summed E-state index contributed by atoms with van der Waals surface area (Å²) in [7, 11) is 0. The van der Waals surface area contributed by atoms with Crippen LogP contribution in [0.25, 0.3) is 5.69 Å². The zero-order chi connectivity index (χ0) is 30.8. The van der Waals surface area contributed by atoms with Crippen LogP contribution in [0.15, 0.2) is 112 Å². The van der Waals surface area contributed by atoms with Gasteiger partial charge in [-0.1, -0.05) is 0 Å². The number of benzene rings is 2. The maximum Gasteiger partial charge on any atom is 0.335 e. The van der Waals surface area contributed by atoms with Gasteiger partial charge in [-0.3, -0.25) is 19.2 Å². The molecule has 2 aromatic heterocycles. The summed E-state index contributed by atoms with van der Waals surface area (Å²) in [5.41, 5.74) is 2.58. The van der Waals surface area contributed by atoms with E-state index in [1.807, 2.05) is 6.08 Å². The smallest absolute Gasteiger partial charge is 0.335 e. The number of anilines is 2. The van der Waals surface area contributed by atoms with Gasteiger partial charge in [0, 0.05) is 55.7 Å². The number of fused-ring (bicyclic) bond motifs is 1. The third-order valence-corrected chi connectivity index (χ3v) is 6.68. The maximum absolute atomic E-state index is 15.3. The number of aryl methyl sites for hydroxylation is 1. The molecule has 0 radical (unpaired) electrons. The molecule has 2 aliphatic heterocycles. The third kappa shape index (κ3) is 5.61. The Kier molecular flexibility index (Phi) is 7.56. The topological polar surface area (TPSA) is 135 Å². The highest BCUT2D eigenvalue weighted by Crippen LogP contribution is 2.30. The van der Waals surface area contributed by atoms with Crippen LogP contribution in [-0.4, -0.2) is 36.6 Å². The van der Waals surface area contributed by atoms with Crippen LogP contribution < -0.4 is 32.0 Å². The lowest BCUT2D eigenvalue weighted by molar-refractivity contribution is 0.102. The third-order valence-electron chi connectivity index (χ3n) is 6.68. The molecule has 1 amide bonds. The minimum atomic E-state index is -0.908. The van der Waals surface area contributed by atoms with Gasteiger partial charge < -0.3 is 15.4 Å². The molecule has 2 aliphatic rings. The van der Waals surface area contributed by atoms with E-state index in [1.54, 1.807) is 42.7 Å². The Hall–Kier alpha value is -5.89. The average molecular weight is 599 g/mol. The van der Waals surface area contributed by atoms with Gasteiger partial charge in [0.1, 0.15) is 11.4 Å². The predicted molar refractivity (Wildman–Crippen MR) is 157 cm³/mol. The number of hydrogen-bond donors (Lipinski definition) is 3. The number of rotatable bonds is 8. The van der Waals surface area contributed by atoms with E-state index in [0.717, 1.165) is 29.0 Å². The van der Waals surface area contributed by atoms with Crippen molar-refractivity contribution in [2.24, 2.45) is 0 Å². The fraction of sp³-hybridized carbons (Fsp3) is 0.100. The Morgan fingerprint density at radius 3 is 2.59 bits per heavy atom. The fourth-order valence-electron chi connectivity index (χ4n) is 4.57. The Balaban J connectivity index is 1.24. The summed E-state index contributed by atoms with van der Waals surface area (Å²) in [5, 5.41) is 7.29. The number of hydrazine groups is 1. The first-order valence-electron chi connectivity index (χ1n) is 13.4. The number of aromatic nitrogens is 4. The molecule has 0 aliphatic carbocycles. The second-order valence-electron chi connectivity index (χ2n) is 9.54.